The Kier molecular flexibility index (Phi) is 2.60. The van der Waals surface area contributed by atoms with Crippen molar-refractivity contribution in [3.8, 4) is 5.95 Å². The molecule has 1 aliphatic carbocycles. The molecule has 0 bridgehead atoms. The van der Waals surface area contributed by atoms with Crippen molar-refractivity contribution in [3.05, 3.63) is 16.9 Å². The largest absolute Gasteiger partial charge is 0.480 e. The number of rotatable bonds is 2. The third-order valence-electron chi connectivity index (χ3n) is 3.12. The predicted octanol–water partition coefficient (Wildman–Crippen LogP) is 2.73. The van der Waals surface area contributed by atoms with E-state index in [9.17, 15) is 14.7 Å². The molecule has 17 heavy (non-hydrogen) atoms. The van der Waals surface area contributed by atoms with Crippen LogP contribution in [0.5, 0.6) is 5.95 Å². The molecule has 0 amide bonds. The van der Waals surface area contributed by atoms with E-state index in [1.165, 1.54) is 0 Å². The van der Waals surface area contributed by atoms with Gasteiger partial charge in [-0.1, -0.05) is 20.8 Å². The van der Waals surface area contributed by atoms with Crippen molar-refractivity contribution in [2.45, 2.75) is 40.0 Å². The maximum absolute atomic E-state index is 12.0. The summed E-state index contributed by atoms with van der Waals surface area (Å²) in [5.74, 6) is -0.328. The van der Waals surface area contributed by atoms with Crippen LogP contribution < -0.4 is 0 Å². The smallest absolute Gasteiger partial charge is 0.294 e. The minimum Gasteiger partial charge on any atom is -0.480 e. The van der Waals surface area contributed by atoms with Crippen LogP contribution in [-0.2, 0) is 6.42 Å². The molecule has 0 saturated heterocycles. The summed E-state index contributed by atoms with van der Waals surface area (Å²) in [7, 11) is 0. The second-order valence-corrected chi connectivity index (χ2v) is 5.30. The highest BCUT2D eigenvalue weighted by Crippen LogP contribution is 2.41. The zero-order chi connectivity index (χ0) is 12.8. The molecule has 2 rings (SSSR count). The molecule has 1 aromatic rings. The van der Waals surface area contributed by atoms with Gasteiger partial charge in [-0.3, -0.25) is 9.59 Å². The lowest BCUT2D eigenvalue weighted by Crippen LogP contribution is -2.27. The lowest BCUT2D eigenvalue weighted by Gasteiger charge is -2.27. The maximum Gasteiger partial charge on any atom is 0.294 e. The van der Waals surface area contributed by atoms with Gasteiger partial charge in [0.2, 0.25) is 0 Å². The summed E-state index contributed by atoms with van der Waals surface area (Å²) in [6, 6.07) is 0. The lowest BCUT2D eigenvalue weighted by molar-refractivity contribution is 0.0892. The molecule has 0 atom stereocenters. The van der Waals surface area contributed by atoms with E-state index in [1.807, 2.05) is 13.8 Å². The summed E-state index contributed by atoms with van der Waals surface area (Å²) in [5, 5.41) is 9.65. The van der Waals surface area contributed by atoms with E-state index in [0.29, 0.717) is 24.2 Å². The number of carbonyl (C=O) groups excluding carboxylic acids is 2. The first-order chi connectivity index (χ1) is 7.85. The Bertz CT molecular complexity index is 494. The molecule has 0 unspecified atom stereocenters. The SMILES string of the molecule is CCC(=O)c1c(O)oc2c1C(=O)CC(C)(C)C2. The second kappa shape index (κ2) is 3.72. The molecule has 1 aromatic heterocycles. The first-order valence-electron chi connectivity index (χ1n) is 5.76. The van der Waals surface area contributed by atoms with Gasteiger partial charge in [-0.15, -0.1) is 0 Å². The third kappa shape index (κ3) is 1.88. The van der Waals surface area contributed by atoms with Crippen LogP contribution in [0.15, 0.2) is 4.42 Å². The quantitative estimate of drug-likeness (QED) is 0.802. The highest BCUT2D eigenvalue weighted by atomic mass is 16.5. The normalized spacial score (nSPS) is 17.9. The summed E-state index contributed by atoms with van der Waals surface area (Å²) in [6.45, 7) is 5.63. The predicted molar refractivity (Wildman–Crippen MR) is 61.4 cm³/mol. The van der Waals surface area contributed by atoms with E-state index in [1.54, 1.807) is 6.92 Å². The second-order valence-electron chi connectivity index (χ2n) is 5.30. The highest BCUT2D eigenvalue weighted by Gasteiger charge is 2.38. The summed E-state index contributed by atoms with van der Waals surface area (Å²) >= 11 is 0. The van der Waals surface area contributed by atoms with Crippen molar-refractivity contribution in [3.63, 3.8) is 0 Å². The average Bonchev–Trinajstić information content (AvgIpc) is 2.51. The Balaban J connectivity index is 2.57. The van der Waals surface area contributed by atoms with Crippen LogP contribution in [0.1, 0.15) is 60.1 Å². The number of fused-ring (bicyclic) bond motifs is 1. The van der Waals surface area contributed by atoms with Crippen LogP contribution in [0.25, 0.3) is 0 Å². The van der Waals surface area contributed by atoms with Gasteiger partial charge in [-0.05, 0) is 5.41 Å². The van der Waals surface area contributed by atoms with Crippen LogP contribution in [-0.4, -0.2) is 16.7 Å². The molecule has 0 fully saturated rings. The lowest BCUT2D eigenvalue weighted by atomic mass is 9.75. The van der Waals surface area contributed by atoms with Crippen LogP contribution in [0.3, 0.4) is 0 Å². The Morgan fingerprint density at radius 2 is 2.06 bits per heavy atom. The Morgan fingerprint density at radius 1 is 1.41 bits per heavy atom. The molecular formula is C13H16O4. The van der Waals surface area contributed by atoms with Crippen molar-refractivity contribution in [2.75, 3.05) is 0 Å². The number of furan rings is 1. The number of aromatic hydroxyl groups is 1. The topological polar surface area (TPSA) is 67.5 Å². The summed E-state index contributed by atoms with van der Waals surface area (Å²) in [4.78, 5) is 23.7. The molecular weight excluding hydrogens is 220 g/mol. The first kappa shape index (κ1) is 11.9. The van der Waals surface area contributed by atoms with E-state index in [0.717, 1.165) is 0 Å². The van der Waals surface area contributed by atoms with Gasteiger partial charge in [0.05, 0.1) is 5.56 Å². The number of carbonyl (C=O) groups is 2. The molecule has 4 heteroatoms. The fourth-order valence-electron chi connectivity index (χ4n) is 2.34. The Hall–Kier alpha value is -1.58. The summed E-state index contributed by atoms with van der Waals surface area (Å²) in [6.07, 6.45) is 1.19. The van der Waals surface area contributed by atoms with Crippen molar-refractivity contribution < 1.29 is 19.1 Å². The number of ketones is 2. The minimum atomic E-state index is -0.409. The number of hydrogen-bond acceptors (Lipinski definition) is 4. The van der Waals surface area contributed by atoms with Crippen LogP contribution in [0.2, 0.25) is 0 Å². The fourth-order valence-corrected chi connectivity index (χ4v) is 2.34. The highest BCUT2D eigenvalue weighted by molar-refractivity contribution is 6.11. The van der Waals surface area contributed by atoms with Gasteiger partial charge in [-0.25, -0.2) is 0 Å². The Labute approximate surface area is 99.6 Å². The van der Waals surface area contributed by atoms with E-state index in [-0.39, 0.29) is 29.0 Å². The van der Waals surface area contributed by atoms with Crippen molar-refractivity contribution in [2.24, 2.45) is 5.41 Å². The molecule has 0 aliphatic heterocycles. The van der Waals surface area contributed by atoms with Gasteiger partial charge >= 0.3 is 0 Å². The van der Waals surface area contributed by atoms with Crippen LogP contribution in [0, 0.1) is 5.41 Å². The van der Waals surface area contributed by atoms with E-state index < -0.39 is 5.95 Å². The first-order valence-corrected chi connectivity index (χ1v) is 5.76. The van der Waals surface area contributed by atoms with Gasteiger partial charge in [-0.2, -0.15) is 0 Å². The zero-order valence-electron chi connectivity index (χ0n) is 10.3. The van der Waals surface area contributed by atoms with Crippen LogP contribution >= 0.6 is 0 Å². The van der Waals surface area contributed by atoms with E-state index in [4.69, 9.17) is 4.42 Å². The maximum atomic E-state index is 12.0. The molecule has 1 aliphatic rings. The van der Waals surface area contributed by atoms with Crippen molar-refractivity contribution >= 4 is 11.6 Å². The van der Waals surface area contributed by atoms with Gasteiger partial charge in [0.1, 0.15) is 11.3 Å². The molecule has 0 saturated carbocycles. The monoisotopic (exact) mass is 236 g/mol. The van der Waals surface area contributed by atoms with Gasteiger partial charge in [0.15, 0.2) is 11.6 Å². The molecule has 4 nitrogen and oxygen atoms in total. The van der Waals surface area contributed by atoms with Crippen LogP contribution in [0.4, 0.5) is 0 Å². The average molecular weight is 236 g/mol. The zero-order valence-corrected chi connectivity index (χ0v) is 10.3. The van der Waals surface area contributed by atoms with Gasteiger partial charge in [0, 0.05) is 19.3 Å². The van der Waals surface area contributed by atoms with Crippen molar-refractivity contribution in [1.29, 1.82) is 0 Å². The van der Waals surface area contributed by atoms with Gasteiger partial charge < -0.3 is 9.52 Å². The number of hydrogen-bond donors (Lipinski definition) is 1. The molecule has 1 heterocycles. The number of Topliss-reactive ketones (excluding diaryl/α,β-unsaturated/α-hetero) is 2. The molecule has 0 aromatic carbocycles. The molecule has 1 N–H and O–H groups in total. The van der Waals surface area contributed by atoms with E-state index in [2.05, 4.69) is 0 Å². The summed E-state index contributed by atoms with van der Waals surface area (Å²) in [5.41, 5.74) is 0.192. The molecule has 92 valence electrons. The molecule has 0 spiro atoms. The van der Waals surface area contributed by atoms with Crippen molar-refractivity contribution in [1.82, 2.24) is 0 Å². The summed E-state index contributed by atoms with van der Waals surface area (Å²) < 4.78 is 5.18. The van der Waals surface area contributed by atoms with E-state index >= 15 is 0 Å². The minimum absolute atomic E-state index is 0.0722. The Morgan fingerprint density at radius 3 is 2.65 bits per heavy atom. The third-order valence-corrected chi connectivity index (χ3v) is 3.12. The standard InChI is InChI=1S/C13H16O4/c1-4-7(14)11-10-8(15)5-13(2,3)6-9(10)17-12(11)16/h16H,4-6H2,1-3H3. The fraction of sp³-hybridized carbons (Fsp3) is 0.538. The van der Waals surface area contributed by atoms with Gasteiger partial charge in [0.25, 0.3) is 5.95 Å². The molecule has 0 radical (unpaired) electrons.